The summed E-state index contributed by atoms with van der Waals surface area (Å²) >= 11 is 0. The molecular formula is C9H17NO3S. The van der Waals surface area contributed by atoms with Crippen LogP contribution in [0.15, 0.2) is 0 Å². The van der Waals surface area contributed by atoms with Gasteiger partial charge in [-0.05, 0) is 20.8 Å². The van der Waals surface area contributed by atoms with Crippen LogP contribution in [-0.4, -0.2) is 45.4 Å². The van der Waals surface area contributed by atoms with Gasteiger partial charge in [-0.15, -0.1) is 0 Å². The Morgan fingerprint density at radius 3 is 2.21 bits per heavy atom. The Bertz CT molecular complexity index is 237. The third kappa shape index (κ3) is 3.65. The zero-order valence-corrected chi connectivity index (χ0v) is 9.73. The molecule has 1 rings (SSSR count). The fourth-order valence-corrected chi connectivity index (χ4v) is 2.20. The van der Waals surface area contributed by atoms with Gasteiger partial charge in [-0.2, -0.15) is 0 Å². The highest BCUT2D eigenvalue weighted by Gasteiger charge is 2.24. The van der Waals surface area contributed by atoms with Gasteiger partial charge in [-0.25, -0.2) is 4.79 Å². The number of carbonyl (C=O) groups is 1. The minimum atomic E-state index is -0.750. The van der Waals surface area contributed by atoms with Crippen molar-refractivity contribution in [2.45, 2.75) is 26.4 Å². The van der Waals surface area contributed by atoms with Crippen molar-refractivity contribution >= 4 is 16.9 Å². The molecule has 82 valence electrons. The number of hydrogen-bond acceptors (Lipinski definition) is 3. The van der Waals surface area contributed by atoms with Gasteiger partial charge < -0.3 is 9.64 Å². The predicted octanol–water partition coefficient (Wildman–Crippen LogP) is 0.986. The number of hydrogen-bond donors (Lipinski definition) is 0. The normalized spacial score (nSPS) is 19.5. The lowest BCUT2D eigenvalue weighted by Gasteiger charge is -2.29. The van der Waals surface area contributed by atoms with E-state index < -0.39 is 16.4 Å². The Labute approximate surface area is 87.1 Å². The molecule has 0 spiro atoms. The summed E-state index contributed by atoms with van der Waals surface area (Å²) in [6.07, 6.45) is -0.297. The Kier molecular flexibility index (Phi) is 3.53. The van der Waals surface area contributed by atoms with Gasteiger partial charge in [0.2, 0.25) is 0 Å². The minimum Gasteiger partial charge on any atom is -0.444 e. The number of ether oxygens (including phenoxy) is 1. The van der Waals surface area contributed by atoms with E-state index in [0.29, 0.717) is 24.6 Å². The van der Waals surface area contributed by atoms with Crippen LogP contribution in [0.3, 0.4) is 0 Å². The summed E-state index contributed by atoms with van der Waals surface area (Å²) in [5, 5.41) is 0. The Balaban J connectivity index is 2.42. The molecule has 0 aromatic carbocycles. The van der Waals surface area contributed by atoms with Crippen molar-refractivity contribution in [3.05, 3.63) is 0 Å². The Morgan fingerprint density at radius 2 is 1.79 bits per heavy atom. The first-order valence-electron chi connectivity index (χ1n) is 4.71. The van der Waals surface area contributed by atoms with Crippen LogP contribution in [0.25, 0.3) is 0 Å². The SMILES string of the molecule is CC(C)(C)OC(=O)N1CCS(=O)CC1. The summed E-state index contributed by atoms with van der Waals surface area (Å²) in [6.45, 7) is 6.61. The first-order chi connectivity index (χ1) is 6.38. The van der Waals surface area contributed by atoms with Crippen molar-refractivity contribution in [3.8, 4) is 0 Å². The minimum absolute atomic E-state index is 0.297. The molecule has 0 radical (unpaired) electrons. The van der Waals surface area contributed by atoms with Crippen molar-refractivity contribution in [3.63, 3.8) is 0 Å². The molecule has 1 aliphatic rings. The molecule has 4 nitrogen and oxygen atoms in total. The van der Waals surface area contributed by atoms with E-state index in [-0.39, 0.29) is 6.09 Å². The molecule has 0 aromatic heterocycles. The Hall–Kier alpha value is -0.580. The maximum Gasteiger partial charge on any atom is 0.410 e. The van der Waals surface area contributed by atoms with Crippen molar-refractivity contribution in [2.75, 3.05) is 24.6 Å². The van der Waals surface area contributed by atoms with Crippen molar-refractivity contribution in [2.24, 2.45) is 0 Å². The van der Waals surface area contributed by atoms with E-state index in [2.05, 4.69) is 0 Å². The van der Waals surface area contributed by atoms with Crippen LogP contribution in [0.4, 0.5) is 4.79 Å². The quantitative estimate of drug-likeness (QED) is 0.610. The van der Waals surface area contributed by atoms with Gasteiger partial charge in [0.05, 0.1) is 0 Å². The summed E-state index contributed by atoms with van der Waals surface area (Å²) in [7, 11) is -0.750. The molecule has 1 aliphatic heterocycles. The number of amides is 1. The van der Waals surface area contributed by atoms with Gasteiger partial charge in [0.1, 0.15) is 5.60 Å². The molecule has 0 atom stereocenters. The third-order valence-corrected chi connectivity index (χ3v) is 3.11. The molecule has 1 saturated heterocycles. The maximum absolute atomic E-state index is 11.5. The molecule has 0 aliphatic carbocycles. The second-order valence-corrected chi connectivity index (χ2v) is 6.01. The van der Waals surface area contributed by atoms with Gasteiger partial charge in [0.25, 0.3) is 0 Å². The predicted molar refractivity (Wildman–Crippen MR) is 55.7 cm³/mol. The molecule has 0 bridgehead atoms. The van der Waals surface area contributed by atoms with Crippen LogP contribution < -0.4 is 0 Å². The highest BCUT2D eigenvalue weighted by atomic mass is 32.2. The van der Waals surface area contributed by atoms with E-state index in [9.17, 15) is 9.00 Å². The fourth-order valence-electron chi connectivity index (χ4n) is 1.15. The molecule has 1 amide bonds. The summed E-state index contributed by atoms with van der Waals surface area (Å²) in [5.41, 5.74) is -0.451. The number of carbonyl (C=O) groups excluding carboxylic acids is 1. The van der Waals surface area contributed by atoms with E-state index in [1.54, 1.807) is 4.90 Å². The first-order valence-corrected chi connectivity index (χ1v) is 6.20. The molecule has 0 saturated carbocycles. The first kappa shape index (κ1) is 11.5. The average molecular weight is 219 g/mol. The summed E-state index contributed by atoms with van der Waals surface area (Å²) in [6, 6.07) is 0. The maximum atomic E-state index is 11.5. The van der Waals surface area contributed by atoms with Gasteiger partial charge in [0, 0.05) is 35.4 Å². The zero-order chi connectivity index (χ0) is 10.8. The average Bonchev–Trinajstić information content (AvgIpc) is 2.02. The van der Waals surface area contributed by atoms with E-state index >= 15 is 0 Å². The summed E-state index contributed by atoms with van der Waals surface area (Å²) in [4.78, 5) is 13.1. The van der Waals surface area contributed by atoms with E-state index in [1.165, 1.54) is 0 Å². The largest absolute Gasteiger partial charge is 0.444 e. The van der Waals surface area contributed by atoms with Gasteiger partial charge >= 0.3 is 6.09 Å². The second-order valence-electron chi connectivity index (χ2n) is 4.32. The molecule has 1 heterocycles. The summed E-state index contributed by atoms with van der Waals surface area (Å²) < 4.78 is 16.2. The third-order valence-electron chi connectivity index (χ3n) is 1.83. The molecule has 0 N–H and O–H groups in total. The van der Waals surface area contributed by atoms with E-state index in [0.717, 1.165) is 0 Å². The van der Waals surface area contributed by atoms with Crippen molar-refractivity contribution < 1.29 is 13.7 Å². The molecule has 14 heavy (non-hydrogen) atoms. The summed E-state index contributed by atoms with van der Waals surface area (Å²) in [5.74, 6) is 1.14. The number of rotatable bonds is 0. The van der Waals surface area contributed by atoms with Gasteiger partial charge in [-0.1, -0.05) is 0 Å². The van der Waals surface area contributed by atoms with Crippen LogP contribution in [-0.2, 0) is 15.5 Å². The highest BCUT2D eigenvalue weighted by Crippen LogP contribution is 2.11. The van der Waals surface area contributed by atoms with Gasteiger partial charge in [0.15, 0.2) is 0 Å². The fraction of sp³-hybridized carbons (Fsp3) is 0.889. The van der Waals surface area contributed by atoms with Crippen LogP contribution >= 0.6 is 0 Å². The lowest BCUT2D eigenvalue weighted by atomic mass is 10.2. The topological polar surface area (TPSA) is 46.6 Å². The molecular weight excluding hydrogens is 202 g/mol. The monoisotopic (exact) mass is 219 g/mol. The zero-order valence-electron chi connectivity index (χ0n) is 8.91. The van der Waals surface area contributed by atoms with Crippen LogP contribution in [0.5, 0.6) is 0 Å². The van der Waals surface area contributed by atoms with E-state index in [4.69, 9.17) is 4.74 Å². The molecule has 0 unspecified atom stereocenters. The van der Waals surface area contributed by atoms with Crippen molar-refractivity contribution in [1.29, 1.82) is 0 Å². The molecule has 0 aromatic rings. The van der Waals surface area contributed by atoms with Crippen LogP contribution in [0, 0.1) is 0 Å². The molecule has 5 heteroatoms. The smallest absolute Gasteiger partial charge is 0.410 e. The number of nitrogens with zero attached hydrogens (tertiary/aromatic N) is 1. The highest BCUT2D eigenvalue weighted by molar-refractivity contribution is 7.85. The lowest BCUT2D eigenvalue weighted by molar-refractivity contribution is 0.0268. The van der Waals surface area contributed by atoms with Gasteiger partial charge in [-0.3, -0.25) is 4.21 Å². The van der Waals surface area contributed by atoms with Crippen LogP contribution in [0.2, 0.25) is 0 Å². The van der Waals surface area contributed by atoms with Crippen LogP contribution in [0.1, 0.15) is 20.8 Å². The standard InChI is InChI=1S/C9H17NO3S/c1-9(2,3)13-8(11)10-4-6-14(12)7-5-10/h4-7H2,1-3H3. The Morgan fingerprint density at radius 1 is 1.29 bits per heavy atom. The molecule has 1 fully saturated rings. The van der Waals surface area contributed by atoms with Crippen molar-refractivity contribution in [1.82, 2.24) is 4.90 Å². The van der Waals surface area contributed by atoms with E-state index in [1.807, 2.05) is 20.8 Å². The second kappa shape index (κ2) is 4.29. The lowest BCUT2D eigenvalue weighted by Crippen LogP contribution is -2.44.